The lowest BCUT2D eigenvalue weighted by molar-refractivity contribution is -0.528. The van der Waals surface area contributed by atoms with Crippen molar-refractivity contribution in [3.8, 4) is 0 Å². The lowest BCUT2D eigenvalue weighted by Crippen LogP contribution is -2.12. The van der Waals surface area contributed by atoms with Crippen molar-refractivity contribution < 1.29 is 9.34 Å². The van der Waals surface area contributed by atoms with Crippen LogP contribution in [0.4, 0.5) is 0 Å². The maximum absolute atomic E-state index is 11.4. The molecule has 0 spiro atoms. The summed E-state index contributed by atoms with van der Waals surface area (Å²) in [5.74, 6) is 0.625. The number of hydrogen-bond donors (Lipinski definition) is 0. The van der Waals surface area contributed by atoms with Gasteiger partial charge in [-0.25, -0.2) is 0 Å². The summed E-state index contributed by atoms with van der Waals surface area (Å²) in [6.45, 7) is 0. The van der Waals surface area contributed by atoms with Crippen LogP contribution in [0.25, 0.3) is 10.9 Å². The third kappa shape index (κ3) is 2.07. The van der Waals surface area contributed by atoms with Gasteiger partial charge in [0.25, 0.3) is 0 Å². The third-order valence-electron chi connectivity index (χ3n) is 3.52. The summed E-state index contributed by atoms with van der Waals surface area (Å²) >= 11 is 0. The molecule has 0 aliphatic carbocycles. The van der Waals surface area contributed by atoms with Gasteiger partial charge in [0.15, 0.2) is 0 Å². The van der Waals surface area contributed by atoms with Gasteiger partial charge in [-0.1, -0.05) is 18.2 Å². The highest BCUT2D eigenvalue weighted by atomic mass is 16.6. The number of aryl methyl sites for hydroxylation is 1. The molecule has 2 heterocycles. The van der Waals surface area contributed by atoms with E-state index < -0.39 is 6.04 Å². The number of hydrogen-bond acceptors (Lipinski definition) is 3. The first-order valence-corrected chi connectivity index (χ1v) is 6.36. The number of para-hydroxylation sites is 1. The van der Waals surface area contributed by atoms with Crippen LogP contribution in [0.1, 0.15) is 17.4 Å². The average Bonchev–Trinajstić information content (AvgIpc) is 3.05. The highest BCUT2D eigenvalue weighted by Crippen LogP contribution is 2.30. The van der Waals surface area contributed by atoms with Crippen molar-refractivity contribution in [1.82, 2.24) is 4.57 Å². The normalized spacial score (nSPS) is 12.7. The van der Waals surface area contributed by atoms with Crippen LogP contribution in [-0.2, 0) is 13.5 Å². The molecule has 0 saturated carbocycles. The van der Waals surface area contributed by atoms with Crippen LogP contribution in [0.5, 0.6) is 0 Å². The molecule has 1 unspecified atom stereocenters. The molecule has 3 aromatic rings. The summed E-state index contributed by atoms with van der Waals surface area (Å²) in [5.41, 5.74) is 1.72. The van der Waals surface area contributed by atoms with Crippen LogP contribution < -0.4 is 0 Å². The number of nitro groups is 1. The summed E-state index contributed by atoms with van der Waals surface area (Å²) in [7, 11) is 1.90. The van der Waals surface area contributed by atoms with E-state index in [0.717, 1.165) is 16.5 Å². The molecule has 20 heavy (non-hydrogen) atoms. The van der Waals surface area contributed by atoms with E-state index in [1.165, 1.54) is 6.26 Å². The first kappa shape index (κ1) is 12.5. The van der Waals surface area contributed by atoms with E-state index in [1.54, 1.807) is 12.1 Å². The SMILES string of the molecule is Cn1cc(C(Cc2ccco2)[N+](=O)[O-])c2ccccc21. The molecule has 0 N–H and O–H groups in total. The molecule has 5 nitrogen and oxygen atoms in total. The maximum atomic E-state index is 11.4. The molecule has 0 saturated heterocycles. The van der Waals surface area contributed by atoms with Gasteiger partial charge in [0.1, 0.15) is 5.76 Å². The lowest BCUT2D eigenvalue weighted by atomic mass is 10.0. The van der Waals surface area contributed by atoms with Crippen LogP contribution in [0.3, 0.4) is 0 Å². The van der Waals surface area contributed by atoms with E-state index in [1.807, 2.05) is 42.1 Å². The van der Waals surface area contributed by atoms with Gasteiger partial charge < -0.3 is 8.98 Å². The number of benzene rings is 1. The zero-order chi connectivity index (χ0) is 14.1. The summed E-state index contributed by atoms with van der Waals surface area (Å²) in [6, 6.07) is 10.4. The topological polar surface area (TPSA) is 61.2 Å². The Morgan fingerprint density at radius 3 is 2.80 bits per heavy atom. The largest absolute Gasteiger partial charge is 0.469 e. The van der Waals surface area contributed by atoms with Crippen molar-refractivity contribution in [3.05, 3.63) is 70.3 Å². The number of fused-ring (bicyclic) bond motifs is 1. The van der Waals surface area contributed by atoms with Gasteiger partial charge in [0.2, 0.25) is 6.04 Å². The van der Waals surface area contributed by atoms with Crippen LogP contribution in [0.15, 0.2) is 53.3 Å². The van der Waals surface area contributed by atoms with E-state index in [0.29, 0.717) is 5.76 Å². The van der Waals surface area contributed by atoms with E-state index in [2.05, 4.69) is 0 Å². The van der Waals surface area contributed by atoms with Crippen LogP contribution >= 0.6 is 0 Å². The van der Waals surface area contributed by atoms with Gasteiger partial charge in [-0.3, -0.25) is 10.1 Å². The highest BCUT2D eigenvalue weighted by Gasteiger charge is 2.28. The minimum atomic E-state index is -0.799. The molecule has 0 fully saturated rings. The number of rotatable bonds is 4. The van der Waals surface area contributed by atoms with Crippen molar-refractivity contribution in [2.75, 3.05) is 0 Å². The van der Waals surface area contributed by atoms with E-state index in [9.17, 15) is 10.1 Å². The Kier molecular flexibility index (Phi) is 3.02. The quantitative estimate of drug-likeness (QED) is 0.539. The molecule has 1 atom stereocenters. The van der Waals surface area contributed by atoms with Gasteiger partial charge in [0.05, 0.1) is 18.2 Å². The fraction of sp³-hybridized carbons (Fsp3) is 0.200. The second kappa shape index (κ2) is 4.85. The fourth-order valence-corrected chi connectivity index (χ4v) is 2.56. The minimum Gasteiger partial charge on any atom is -0.469 e. The van der Waals surface area contributed by atoms with Gasteiger partial charge in [-0.15, -0.1) is 0 Å². The van der Waals surface area contributed by atoms with Crippen molar-refractivity contribution in [2.24, 2.45) is 7.05 Å². The Morgan fingerprint density at radius 1 is 1.30 bits per heavy atom. The molecule has 102 valence electrons. The Morgan fingerprint density at radius 2 is 2.10 bits per heavy atom. The van der Waals surface area contributed by atoms with Crippen molar-refractivity contribution in [3.63, 3.8) is 0 Å². The van der Waals surface area contributed by atoms with Crippen molar-refractivity contribution >= 4 is 10.9 Å². The van der Waals surface area contributed by atoms with Gasteiger partial charge in [0, 0.05) is 29.1 Å². The monoisotopic (exact) mass is 270 g/mol. The third-order valence-corrected chi connectivity index (χ3v) is 3.52. The first-order valence-electron chi connectivity index (χ1n) is 6.36. The molecule has 0 bridgehead atoms. The second-order valence-corrected chi connectivity index (χ2v) is 4.80. The minimum absolute atomic E-state index is 0.246. The van der Waals surface area contributed by atoms with E-state index >= 15 is 0 Å². The average molecular weight is 270 g/mol. The van der Waals surface area contributed by atoms with E-state index in [-0.39, 0.29) is 11.3 Å². The Labute approximate surface area is 115 Å². The van der Waals surface area contributed by atoms with Crippen LogP contribution in [0, 0.1) is 10.1 Å². The maximum Gasteiger partial charge on any atom is 0.247 e. The molecule has 2 aromatic heterocycles. The van der Waals surface area contributed by atoms with Gasteiger partial charge in [-0.2, -0.15) is 0 Å². The molecule has 3 rings (SSSR count). The Balaban J connectivity index is 2.08. The highest BCUT2D eigenvalue weighted by molar-refractivity contribution is 5.84. The predicted molar refractivity (Wildman–Crippen MR) is 75.1 cm³/mol. The number of nitrogens with zero attached hydrogens (tertiary/aromatic N) is 2. The molecule has 5 heteroatoms. The summed E-state index contributed by atoms with van der Waals surface area (Å²) in [5, 5.41) is 12.4. The second-order valence-electron chi connectivity index (χ2n) is 4.80. The summed E-state index contributed by atoms with van der Waals surface area (Å²) < 4.78 is 7.16. The van der Waals surface area contributed by atoms with Crippen LogP contribution in [-0.4, -0.2) is 9.49 Å². The summed E-state index contributed by atoms with van der Waals surface area (Å²) in [4.78, 5) is 11.2. The zero-order valence-electron chi connectivity index (χ0n) is 11.0. The first-order chi connectivity index (χ1) is 9.66. The molecule has 1 aromatic carbocycles. The molecule has 0 aliphatic heterocycles. The van der Waals surface area contributed by atoms with E-state index in [4.69, 9.17) is 4.42 Å². The van der Waals surface area contributed by atoms with Crippen LogP contribution in [0.2, 0.25) is 0 Å². The lowest BCUT2D eigenvalue weighted by Gasteiger charge is -2.07. The van der Waals surface area contributed by atoms with Crippen molar-refractivity contribution in [2.45, 2.75) is 12.5 Å². The molecular formula is C15H14N2O3. The molecule has 0 aliphatic rings. The smallest absolute Gasteiger partial charge is 0.247 e. The number of furan rings is 1. The van der Waals surface area contributed by atoms with Crippen molar-refractivity contribution in [1.29, 1.82) is 0 Å². The molecular weight excluding hydrogens is 256 g/mol. The predicted octanol–water partition coefficient (Wildman–Crippen LogP) is 3.33. The zero-order valence-corrected chi connectivity index (χ0v) is 11.0. The van der Waals surface area contributed by atoms with Gasteiger partial charge in [-0.05, 0) is 18.2 Å². The Hall–Kier alpha value is -2.56. The molecule has 0 amide bonds. The molecule has 0 radical (unpaired) electrons. The summed E-state index contributed by atoms with van der Waals surface area (Å²) in [6.07, 6.45) is 3.63. The van der Waals surface area contributed by atoms with Gasteiger partial charge >= 0.3 is 0 Å². The number of aromatic nitrogens is 1. The fourth-order valence-electron chi connectivity index (χ4n) is 2.56. The standard InChI is InChI=1S/C15H14N2O3/c1-16-10-13(12-6-2-3-7-14(12)16)15(17(18)19)9-11-5-4-8-20-11/h2-8,10,15H,9H2,1H3. The Bertz CT molecular complexity index is 744.